The summed E-state index contributed by atoms with van der Waals surface area (Å²) in [7, 11) is 1.75. The number of para-hydroxylation sites is 1. The SMILES string of the molecule is Cc1cccc2c1N(C(=O)c1cc(Cl)c(Cl)n1C)CCC2. The Hall–Kier alpha value is -1.45. The van der Waals surface area contributed by atoms with E-state index >= 15 is 0 Å². The Morgan fingerprint density at radius 1 is 1.29 bits per heavy atom. The van der Waals surface area contributed by atoms with Crippen LogP contribution in [0.4, 0.5) is 5.69 Å². The summed E-state index contributed by atoms with van der Waals surface area (Å²) in [6.45, 7) is 2.76. The van der Waals surface area contributed by atoms with Gasteiger partial charge in [0.05, 0.1) is 10.7 Å². The molecule has 1 aromatic heterocycles. The van der Waals surface area contributed by atoms with Gasteiger partial charge in [0.15, 0.2) is 0 Å². The van der Waals surface area contributed by atoms with Crippen molar-refractivity contribution in [3.63, 3.8) is 0 Å². The van der Waals surface area contributed by atoms with Gasteiger partial charge in [-0.2, -0.15) is 0 Å². The van der Waals surface area contributed by atoms with Crippen LogP contribution in [0, 0.1) is 6.92 Å². The standard InChI is InChI=1S/C16H16Cl2N2O/c1-10-5-3-6-11-7-4-8-20(14(10)11)16(21)13-9-12(17)15(18)19(13)2/h3,5-6,9H,4,7-8H2,1-2H3. The van der Waals surface area contributed by atoms with E-state index in [-0.39, 0.29) is 5.91 Å². The Morgan fingerprint density at radius 3 is 2.71 bits per heavy atom. The summed E-state index contributed by atoms with van der Waals surface area (Å²) in [6.07, 6.45) is 1.98. The van der Waals surface area contributed by atoms with Gasteiger partial charge in [-0.3, -0.25) is 4.79 Å². The number of halogens is 2. The van der Waals surface area contributed by atoms with Gasteiger partial charge < -0.3 is 9.47 Å². The van der Waals surface area contributed by atoms with E-state index in [1.165, 1.54) is 5.56 Å². The lowest BCUT2D eigenvalue weighted by molar-refractivity contribution is 0.0977. The molecule has 110 valence electrons. The van der Waals surface area contributed by atoms with Crippen LogP contribution in [0.3, 0.4) is 0 Å². The number of anilines is 1. The number of carbonyl (C=O) groups excluding carboxylic acids is 1. The van der Waals surface area contributed by atoms with Gasteiger partial charge in [0.1, 0.15) is 10.8 Å². The second kappa shape index (κ2) is 5.39. The molecule has 0 atom stereocenters. The molecule has 2 aromatic rings. The number of nitrogens with zero attached hydrogens (tertiary/aromatic N) is 2. The van der Waals surface area contributed by atoms with Crippen LogP contribution in [0.2, 0.25) is 10.2 Å². The molecule has 21 heavy (non-hydrogen) atoms. The number of aromatic nitrogens is 1. The van der Waals surface area contributed by atoms with Crippen molar-refractivity contribution in [2.24, 2.45) is 7.05 Å². The molecule has 0 fully saturated rings. The summed E-state index contributed by atoms with van der Waals surface area (Å²) in [4.78, 5) is 14.7. The van der Waals surface area contributed by atoms with Crippen LogP contribution < -0.4 is 4.90 Å². The van der Waals surface area contributed by atoms with E-state index in [0.29, 0.717) is 15.9 Å². The molecular weight excluding hydrogens is 307 g/mol. The van der Waals surface area contributed by atoms with Crippen molar-refractivity contribution >= 4 is 34.8 Å². The predicted octanol–water partition coefficient (Wildman–Crippen LogP) is 4.23. The van der Waals surface area contributed by atoms with Crippen LogP contribution >= 0.6 is 23.2 Å². The van der Waals surface area contributed by atoms with Crippen molar-refractivity contribution in [2.75, 3.05) is 11.4 Å². The maximum absolute atomic E-state index is 12.9. The molecule has 1 aliphatic rings. The van der Waals surface area contributed by atoms with E-state index in [2.05, 4.69) is 6.07 Å². The van der Waals surface area contributed by atoms with Crippen molar-refractivity contribution in [1.82, 2.24) is 4.57 Å². The van der Waals surface area contributed by atoms with Gasteiger partial charge in [-0.25, -0.2) is 0 Å². The highest BCUT2D eigenvalue weighted by atomic mass is 35.5. The molecule has 1 aromatic carbocycles. The molecule has 1 aliphatic heterocycles. The fourth-order valence-electron chi connectivity index (χ4n) is 2.94. The molecule has 5 heteroatoms. The zero-order valence-corrected chi connectivity index (χ0v) is 13.5. The molecule has 0 N–H and O–H groups in total. The number of aryl methyl sites for hydroxylation is 2. The number of carbonyl (C=O) groups is 1. The van der Waals surface area contributed by atoms with Crippen LogP contribution in [0.25, 0.3) is 0 Å². The summed E-state index contributed by atoms with van der Waals surface area (Å²) < 4.78 is 1.64. The Balaban J connectivity index is 2.06. The lowest BCUT2D eigenvalue weighted by Crippen LogP contribution is -2.37. The molecule has 0 saturated carbocycles. The topological polar surface area (TPSA) is 25.2 Å². The summed E-state index contributed by atoms with van der Waals surface area (Å²) >= 11 is 12.1. The van der Waals surface area contributed by atoms with Crippen molar-refractivity contribution < 1.29 is 4.79 Å². The van der Waals surface area contributed by atoms with E-state index in [0.717, 1.165) is 30.6 Å². The average Bonchev–Trinajstić information content (AvgIpc) is 2.74. The first-order valence-corrected chi connectivity index (χ1v) is 7.67. The van der Waals surface area contributed by atoms with Gasteiger partial charge in [0.25, 0.3) is 5.91 Å². The zero-order chi connectivity index (χ0) is 15.1. The summed E-state index contributed by atoms with van der Waals surface area (Å²) in [5.41, 5.74) is 3.89. The third kappa shape index (κ3) is 2.34. The minimum absolute atomic E-state index is 0.0541. The first kappa shape index (κ1) is 14.5. The molecule has 3 nitrogen and oxygen atoms in total. The summed E-state index contributed by atoms with van der Waals surface area (Å²) in [6, 6.07) is 7.80. The number of benzene rings is 1. The second-order valence-electron chi connectivity index (χ2n) is 5.37. The lowest BCUT2D eigenvalue weighted by atomic mass is 9.98. The predicted molar refractivity (Wildman–Crippen MR) is 86.6 cm³/mol. The molecule has 1 amide bonds. The largest absolute Gasteiger partial charge is 0.329 e. The van der Waals surface area contributed by atoms with Crippen LogP contribution in [0.1, 0.15) is 28.0 Å². The minimum Gasteiger partial charge on any atom is -0.329 e. The molecule has 0 aliphatic carbocycles. The Kier molecular flexibility index (Phi) is 3.72. The van der Waals surface area contributed by atoms with E-state index in [1.54, 1.807) is 17.7 Å². The van der Waals surface area contributed by atoms with Crippen LogP contribution in [-0.2, 0) is 13.5 Å². The molecule has 3 rings (SSSR count). The molecule has 0 spiro atoms. The van der Waals surface area contributed by atoms with E-state index < -0.39 is 0 Å². The van der Waals surface area contributed by atoms with Gasteiger partial charge in [0.2, 0.25) is 0 Å². The van der Waals surface area contributed by atoms with Crippen molar-refractivity contribution in [1.29, 1.82) is 0 Å². The third-order valence-electron chi connectivity index (χ3n) is 4.00. The minimum atomic E-state index is -0.0541. The molecule has 0 saturated heterocycles. The summed E-state index contributed by atoms with van der Waals surface area (Å²) in [5.74, 6) is -0.0541. The van der Waals surface area contributed by atoms with Gasteiger partial charge in [-0.1, -0.05) is 41.4 Å². The van der Waals surface area contributed by atoms with Crippen molar-refractivity contribution in [3.8, 4) is 0 Å². The van der Waals surface area contributed by atoms with Crippen LogP contribution in [0.15, 0.2) is 24.3 Å². The lowest BCUT2D eigenvalue weighted by Gasteiger charge is -2.31. The molecule has 0 radical (unpaired) electrons. The van der Waals surface area contributed by atoms with E-state index in [4.69, 9.17) is 23.2 Å². The normalized spacial score (nSPS) is 14.2. The van der Waals surface area contributed by atoms with Crippen molar-refractivity contribution in [3.05, 3.63) is 51.3 Å². The van der Waals surface area contributed by atoms with Crippen molar-refractivity contribution in [2.45, 2.75) is 19.8 Å². The highest BCUT2D eigenvalue weighted by Crippen LogP contribution is 2.33. The molecule has 2 heterocycles. The van der Waals surface area contributed by atoms with Crippen LogP contribution in [-0.4, -0.2) is 17.0 Å². The van der Waals surface area contributed by atoms with Crippen LogP contribution in [0.5, 0.6) is 0 Å². The van der Waals surface area contributed by atoms with Gasteiger partial charge in [-0.05, 0) is 37.0 Å². The molecule has 0 bridgehead atoms. The van der Waals surface area contributed by atoms with E-state index in [1.807, 2.05) is 24.0 Å². The number of amides is 1. The number of hydrogen-bond acceptors (Lipinski definition) is 1. The third-order valence-corrected chi connectivity index (χ3v) is 4.84. The fourth-order valence-corrected chi connectivity index (χ4v) is 3.31. The first-order chi connectivity index (χ1) is 10.0. The Morgan fingerprint density at radius 2 is 2.05 bits per heavy atom. The molecular formula is C16H16Cl2N2O. The number of fused-ring (bicyclic) bond motifs is 1. The van der Waals surface area contributed by atoms with Gasteiger partial charge in [-0.15, -0.1) is 0 Å². The summed E-state index contributed by atoms with van der Waals surface area (Å²) in [5, 5.41) is 0.798. The smallest absolute Gasteiger partial charge is 0.274 e. The number of rotatable bonds is 1. The Bertz CT molecular complexity index is 721. The maximum atomic E-state index is 12.9. The maximum Gasteiger partial charge on any atom is 0.274 e. The van der Waals surface area contributed by atoms with Gasteiger partial charge in [0, 0.05) is 13.6 Å². The second-order valence-corrected chi connectivity index (χ2v) is 6.14. The monoisotopic (exact) mass is 322 g/mol. The fraction of sp³-hybridized carbons (Fsp3) is 0.312. The van der Waals surface area contributed by atoms with E-state index in [9.17, 15) is 4.79 Å². The highest BCUT2D eigenvalue weighted by Gasteiger charge is 2.27. The Labute approximate surface area is 134 Å². The van der Waals surface area contributed by atoms with Gasteiger partial charge >= 0.3 is 0 Å². The first-order valence-electron chi connectivity index (χ1n) is 6.91. The highest BCUT2D eigenvalue weighted by molar-refractivity contribution is 6.42. The average molecular weight is 323 g/mol. The molecule has 0 unspecified atom stereocenters. The number of hydrogen-bond donors (Lipinski definition) is 0. The quantitative estimate of drug-likeness (QED) is 0.771. The zero-order valence-electron chi connectivity index (χ0n) is 12.0.